The van der Waals surface area contributed by atoms with Crippen molar-refractivity contribution in [3.63, 3.8) is 0 Å². The molecule has 0 aromatic heterocycles. The van der Waals surface area contributed by atoms with Crippen LogP contribution in [0.2, 0.25) is 0 Å². The van der Waals surface area contributed by atoms with Gasteiger partial charge in [0.15, 0.2) is 0 Å². The molecule has 1 saturated carbocycles. The van der Waals surface area contributed by atoms with Gasteiger partial charge in [0, 0.05) is 12.1 Å². The lowest BCUT2D eigenvalue weighted by molar-refractivity contribution is 0.0600. The lowest BCUT2D eigenvalue weighted by Gasteiger charge is -2.41. The summed E-state index contributed by atoms with van der Waals surface area (Å²) in [5, 5.41) is 0. The van der Waals surface area contributed by atoms with Gasteiger partial charge in [-0.2, -0.15) is 0 Å². The molecule has 114 valence electrons. The Morgan fingerprint density at radius 3 is 2.62 bits per heavy atom. The fraction of sp³-hybridized carbons (Fsp3) is 0.611. The highest BCUT2D eigenvalue weighted by atomic mass is 16.5. The summed E-state index contributed by atoms with van der Waals surface area (Å²) in [4.78, 5) is 14.3. The van der Waals surface area contributed by atoms with E-state index in [1.54, 1.807) is 0 Å². The first-order valence-corrected chi connectivity index (χ1v) is 7.89. The van der Waals surface area contributed by atoms with Crippen LogP contribution in [0.4, 0.5) is 0 Å². The van der Waals surface area contributed by atoms with Crippen LogP contribution in [0.25, 0.3) is 0 Å². The number of ether oxygens (including phenoxy) is 1. The zero-order valence-corrected chi connectivity index (χ0v) is 13.5. The molecule has 21 heavy (non-hydrogen) atoms. The molecular formula is C18H25NO2. The lowest BCUT2D eigenvalue weighted by Crippen LogP contribution is -2.35. The van der Waals surface area contributed by atoms with Crippen LogP contribution < -0.4 is 0 Å². The van der Waals surface area contributed by atoms with Crippen molar-refractivity contribution in [1.29, 1.82) is 0 Å². The maximum Gasteiger partial charge on any atom is 0.337 e. The number of fused-ring (bicyclic) bond motifs is 1. The Hall–Kier alpha value is -1.35. The third-order valence-corrected chi connectivity index (χ3v) is 5.22. The second kappa shape index (κ2) is 5.13. The van der Waals surface area contributed by atoms with Gasteiger partial charge in [0.25, 0.3) is 0 Å². The maximum atomic E-state index is 11.8. The summed E-state index contributed by atoms with van der Waals surface area (Å²) in [6.45, 7) is 4.56. The molecule has 0 spiro atoms. The molecule has 0 bridgehead atoms. The van der Waals surface area contributed by atoms with Crippen molar-refractivity contribution in [2.75, 3.05) is 14.2 Å². The SMILES string of the molecule is COC(=O)c1ccc2c(c1)C(C)(C)CCC2N(C)C1CC1. The van der Waals surface area contributed by atoms with Gasteiger partial charge in [-0.15, -0.1) is 0 Å². The van der Waals surface area contributed by atoms with Crippen molar-refractivity contribution >= 4 is 5.97 Å². The first-order chi connectivity index (χ1) is 9.94. The Labute approximate surface area is 127 Å². The van der Waals surface area contributed by atoms with Crippen molar-refractivity contribution in [2.24, 2.45) is 0 Å². The molecule has 0 amide bonds. The summed E-state index contributed by atoms with van der Waals surface area (Å²) < 4.78 is 4.87. The predicted octanol–water partition coefficient (Wildman–Crippen LogP) is 3.68. The summed E-state index contributed by atoms with van der Waals surface area (Å²) in [5.41, 5.74) is 3.50. The normalized spacial score (nSPS) is 23.8. The van der Waals surface area contributed by atoms with Crippen LogP contribution >= 0.6 is 0 Å². The molecular weight excluding hydrogens is 262 g/mol. The number of benzene rings is 1. The fourth-order valence-electron chi connectivity index (χ4n) is 3.62. The smallest absolute Gasteiger partial charge is 0.337 e. The first-order valence-electron chi connectivity index (χ1n) is 7.89. The minimum absolute atomic E-state index is 0.125. The molecule has 3 heteroatoms. The fourth-order valence-corrected chi connectivity index (χ4v) is 3.62. The Morgan fingerprint density at radius 1 is 1.29 bits per heavy atom. The van der Waals surface area contributed by atoms with E-state index in [1.807, 2.05) is 12.1 Å². The van der Waals surface area contributed by atoms with Crippen LogP contribution in [0.15, 0.2) is 18.2 Å². The van der Waals surface area contributed by atoms with Crippen LogP contribution in [-0.4, -0.2) is 31.1 Å². The molecule has 0 N–H and O–H groups in total. The third kappa shape index (κ3) is 2.59. The molecule has 0 aliphatic heterocycles. The highest BCUT2D eigenvalue weighted by Crippen LogP contribution is 2.46. The van der Waals surface area contributed by atoms with Crippen LogP contribution in [0.3, 0.4) is 0 Å². The van der Waals surface area contributed by atoms with Gasteiger partial charge in [0.05, 0.1) is 12.7 Å². The van der Waals surface area contributed by atoms with Crippen LogP contribution in [-0.2, 0) is 10.2 Å². The van der Waals surface area contributed by atoms with Crippen molar-refractivity contribution in [3.05, 3.63) is 34.9 Å². The molecule has 1 aromatic rings. The summed E-state index contributed by atoms with van der Waals surface area (Å²) in [5.74, 6) is -0.244. The van der Waals surface area contributed by atoms with Crippen molar-refractivity contribution in [1.82, 2.24) is 4.90 Å². The number of nitrogens with zero attached hydrogens (tertiary/aromatic N) is 1. The standard InChI is InChI=1S/C18H25NO2/c1-18(2)10-9-16(19(3)13-6-7-13)14-8-5-12(11-15(14)18)17(20)21-4/h5,8,11,13,16H,6-7,9-10H2,1-4H3. The van der Waals surface area contributed by atoms with Gasteiger partial charge in [-0.3, -0.25) is 4.90 Å². The summed E-state index contributed by atoms with van der Waals surface area (Å²) in [6.07, 6.45) is 5.01. The molecule has 0 heterocycles. The van der Waals surface area contributed by atoms with E-state index in [9.17, 15) is 4.79 Å². The second-order valence-electron chi connectivity index (χ2n) is 7.13. The molecule has 0 radical (unpaired) electrons. The monoisotopic (exact) mass is 287 g/mol. The highest BCUT2D eigenvalue weighted by molar-refractivity contribution is 5.89. The van der Waals surface area contributed by atoms with E-state index in [0.29, 0.717) is 11.6 Å². The second-order valence-corrected chi connectivity index (χ2v) is 7.13. The van der Waals surface area contributed by atoms with Gasteiger partial charge in [0.2, 0.25) is 0 Å². The number of carbonyl (C=O) groups is 1. The minimum atomic E-state index is -0.244. The topological polar surface area (TPSA) is 29.5 Å². The predicted molar refractivity (Wildman–Crippen MR) is 83.6 cm³/mol. The molecule has 3 nitrogen and oxygen atoms in total. The van der Waals surface area contributed by atoms with E-state index in [0.717, 1.165) is 12.5 Å². The first kappa shape index (κ1) is 14.6. The summed E-state index contributed by atoms with van der Waals surface area (Å²) in [6, 6.07) is 7.36. The number of esters is 1. The molecule has 1 atom stereocenters. The van der Waals surface area contributed by atoms with Gasteiger partial charge < -0.3 is 4.74 Å². The van der Waals surface area contributed by atoms with Gasteiger partial charge >= 0.3 is 5.97 Å². The zero-order valence-electron chi connectivity index (χ0n) is 13.5. The Balaban J connectivity index is 2.01. The average Bonchev–Trinajstić information content (AvgIpc) is 3.30. The molecule has 1 fully saturated rings. The van der Waals surface area contributed by atoms with E-state index >= 15 is 0 Å². The molecule has 0 saturated heterocycles. The quantitative estimate of drug-likeness (QED) is 0.794. The molecule has 2 aliphatic rings. The largest absolute Gasteiger partial charge is 0.465 e. The molecule has 2 aliphatic carbocycles. The number of methoxy groups -OCH3 is 1. The maximum absolute atomic E-state index is 11.8. The average molecular weight is 287 g/mol. The number of hydrogen-bond acceptors (Lipinski definition) is 3. The van der Waals surface area contributed by atoms with E-state index in [2.05, 4.69) is 31.9 Å². The Kier molecular flexibility index (Phi) is 3.56. The van der Waals surface area contributed by atoms with E-state index < -0.39 is 0 Å². The van der Waals surface area contributed by atoms with Crippen LogP contribution in [0.5, 0.6) is 0 Å². The highest BCUT2D eigenvalue weighted by Gasteiger charge is 2.38. The van der Waals surface area contributed by atoms with E-state index in [1.165, 1.54) is 37.5 Å². The number of carbonyl (C=O) groups excluding carboxylic acids is 1. The van der Waals surface area contributed by atoms with Crippen molar-refractivity contribution in [2.45, 2.75) is 57.0 Å². The van der Waals surface area contributed by atoms with Gasteiger partial charge in [-0.05, 0) is 61.4 Å². The Morgan fingerprint density at radius 2 is 2.00 bits per heavy atom. The van der Waals surface area contributed by atoms with Crippen molar-refractivity contribution in [3.8, 4) is 0 Å². The van der Waals surface area contributed by atoms with Gasteiger partial charge in [-0.1, -0.05) is 19.9 Å². The van der Waals surface area contributed by atoms with Gasteiger partial charge in [0.1, 0.15) is 0 Å². The summed E-state index contributed by atoms with van der Waals surface area (Å²) >= 11 is 0. The van der Waals surface area contributed by atoms with Crippen LogP contribution in [0.1, 0.15) is 67.1 Å². The molecule has 1 aromatic carbocycles. The van der Waals surface area contributed by atoms with E-state index in [-0.39, 0.29) is 11.4 Å². The van der Waals surface area contributed by atoms with E-state index in [4.69, 9.17) is 4.74 Å². The molecule has 3 rings (SSSR count). The molecule has 1 unspecified atom stereocenters. The number of hydrogen-bond donors (Lipinski definition) is 0. The summed E-state index contributed by atoms with van der Waals surface area (Å²) in [7, 11) is 3.69. The lowest BCUT2D eigenvalue weighted by atomic mass is 9.70. The Bertz CT molecular complexity index is 560. The minimum Gasteiger partial charge on any atom is -0.465 e. The zero-order chi connectivity index (χ0) is 15.2. The third-order valence-electron chi connectivity index (χ3n) is 5.22. The van der Waals surface area contributed by atoms with Crippen LogP contribution in [0, 0.1) is 0 Å². The van der Waals surface area contributed by atoms with Gasteiger partial charge in [-0.25, -0.2) is 4.79 Å². The number of rotatable bonds is 3. The van der Waals surface area contributed by atoms with Crippen molar-refractivity contribution < 1.29 is 9.53 Å².